The Bertz CT molecular complexity index is 1410. The van der Waals surface area contributed by atoms with Gasteiger partial charge in [0.2, 0.25) is 12.6 Å². The molecule has 7 nitrogen and oxygen atoms in total. The Morgan fingerprint density at radius 1 is 1.29 bits per heavy atom. The monoisotopic (exact) mass is 454 g/mol. The lowest BCUT2D eigenvalue weighted by Crippen LogP contribution is -2.30. The fraction of sp³-hybridized carbons (Fsp3) is 0.136. The minimum absolute atomic E-state index is 0.0807. The molecule has 0 bridgehead atoms. The van der Waals surface area contributed by atoms with Crippen molar-refractivity contribution in [2.45, 2.75) is 0 Å². The number of benzene rings is 2. The van der Waals surface area contributed by atoms with Crippen LogP contribution in [0.25, 0.3) is 11.6 Å². The van der Waals surface area contributed by atoms with Crippen molar-refractivity contribution in [3.8, 4) is 23.3 Å². The van der Waals surface area contributed by atoms with Crippen LogP contribution in [-0.4, -0.2) is 24.3 Å². The van der Waals surface area contributed by atoms with Crippen LogP contribution in [0.1, 0.15) is 15.9 Å². The Labute approximate surface area is 185 Å². The molecule has 0 fully saturated rings. The number of Topliss-reactive ketones (excluding diaryl/α,β-unsaturated/α-hetero) is 1. The second-order valence-corrected chi connectivity index (χ2v) is 8.00. The van der Waals surface area contributed by atoms with Gasteiger partial charge in [-0.3, -0.25) is 9.59 Å². The van der Waals surface area contributed by atoms with Crippen molar-refractivity contribution >= 4 is 40.4 Å². The maximum atomic E-state index is 12.9. The predicted octanol–water partition coefficient (Wildman–Crippen LogP) is 2.22. The summed E-state index contributed by atoms with van der Waals surface area (Å²) in [5, 5.41) is 10.0. The van der Waals surface area contributed by atoms with Crippen LogP contribution >= 0.6 is 22.9 Å². The van der Waals surface area contributed by atoms with Crippen molar-refractivity contribution in [3.05, 3.63) is 72.1 Å². The number of rotatable bonds is 4. The molecule has 4 rings (SSSR count). The molecular formula is C22H15ClN2O5S. The third kappa shape index (κ3) is 3.81. The van der Waals surface area contributed by atoms with Gasteiger partial charge >= 0.3 is 0 Å². The van der Waals surface area contributed by atoms with Crippen LogP contribution in [0.15, 0.2) is 41.2 Å². The van der Waals surface area contributed by atoms with Gasteiger partial charge in [0.1, 0.15) is 22.1 Å². The smallest absolute Gasteiger partial charge is 0.268 e. The third-order valence-electron chi connectivity index (χ3n) is 4.68. The van der Waals surface area contributed by atoms with Crippen LogP contribution in [0.5, 0.6) is 17.2 Å². The van der Waals surface area contributed by atoms with E-state index in [1.54, 1.807) is 42.5 Å². The van der Waals surface area contributed by atoms with Gasteiger partial charge in [0.05, 0.1) is 16.7 Å². The standard InChI is InChI=1S/C22H15ClN2O5S/c1-25-21(27)18(9-12-7-16(23)20-17(8-12)29-11-30-20)31-22(25)15(10-24)19(26)13-3-5-14(28-2)6-4-13/h3-9H,11H2,1-2H3/b18-9+,22-15+. The molecule has 0 aliphatic carbocycles. The molecule has 0 atom stereocenters. The lowest BCUT2D eigenvalue weighted by atomic mass is 10.1. The van der Waals surface area contributed by atoms with Gasteiger partial charge in [-0.05, 0) is 48.0 Å². The zero-order valence-electron chi connectivity index (χ0n) is 16.5. The minimum Gasteiger partial charge on any atom is -0.497 e. The van der Waals surface area contributed by atoms with E-state index >= 15 is 0 Å². The highest BCUT2D eigenvalue weighted by Crippen LogP contribution is 2.39. The predicted molar refractivity (Wildman–Crippen MR) is 116 cm³/mol. The minimum atomic E-state index is -0.473. The normalized spacial score (nSPS) is 13.7. The molecule has 1 aliphatic rings. The van der Waals surface area contributed by atoms with E-state index in [1.165, 1.54) is 18.7 Å². The number of hydrogen-bond acceptors (Lipinski definition) is 7. The van der Waals surface area contributed by atoms with Crippen LogP contribution in [0.3, 0.4) is 0 Å². The van der Waals surface area contributed by atoms with Crippen LogP contribution in [0, 0.1) is 11.3 Å². The first-order valence-electron chi connectivity index (χ1n) is 9.02. The molecule has 0 amide bonds. The second-order valence-electron chi connectivity index (χ2n) is 6.56. The second kappa shape index (κ2) is 8.30. The highest BCUT2D eigenvalue weighted by molar-refractivity contribution is 7.07. The van der Waals surface area contributed by atoms with E-state index in [-0.39, 0.29) is 22.6 Å². The van der Waals surface area contributed by atoms with Crippen LogP contribution in [0.2, 0.25) is 5.02 Å². The lowest BCUT2D eigenvalue weighted by molar-refractivity contribution is 0.105. The molecule has 0 saturated heterocycles. The zero-order valence-corrected chi connectivity index (χ0v) is 18.0. The molecule has 156 valence electrons. The maximum absolute atomic E-state index is 12.9. The molecule has 2 heterocycles. The van der Waals surface area contributed by atoms with Crippen molar-refractivity contribution < 1.29 is 19.0 Å². The number of fused-ring (bicyclic) bond motifs is 1. The number of nitriles is 1. The quantitative estimate of drug-likeness (QED) is 0.561. The number of carbonyl (C=O) groups is 1. The molecule has 0 radical (unpaired) electrons. The zero-order chi connectivity index (χ0) is 22.1. The Hall–Kier alpha value is -3.54. The number of carbonyl (C=O) groups excluding carboxylic acids is 1. The highest BCUT2D eigenvalue weighted by atomic mass is 35.5. The summed E-state index contributed by atoms with van der Waals surface area (Å²) in [5.41, 5.74) is 0.522. The largest absolute Gasteiger partial charge is 0.497 e. The van der Waals surface area contributed by atoms with E-state index in [0.29, 0.717) is 37.9 Å². The average Bonchev–Trinajstić information content (AvgIpc) is 3.35. The molecule has 1 aliphatic heterocycles. The van der Waals surface area contributed by atoms with Crippen molar-refractivity contribution in [2.24, 2.45) is 7.05 Å². The Morgan fingerprint density at radius 2 is 2.03 bits per heavy atom. The van der Waals surface area contributed by atoms with E-state index in [9.17, 15) is 14.9 Å². The number of thiazole rings is 1. The average molecular weight is 455 g/mol. The molecule has 9 heteroatoms. The van der Waals surface area contributed by atoms with E-state index in [4.69, 9.17) is 25.8 Å². The summed E-state index contributed by atoms with van der Waals surface area (Å²) in [6.45, 7) is 0.0807. The lowest BCUT2D eigenvalue weighted by Gasteiger charge is -2.02. The van der Waals surface area contributed by atoms with Gasteiger partial charge in [-0.25, -0.2) is 0 Å². The van der Waals surface area contributed by atoms with Gasteiger partial charge in [-0.2, -0.15) is 5.26 Å². The SMILES string of the molecule is COc1ccc(C(=O)/C(C#N)=c2/s/c(=C/c3cc(Cl)c4c(c3)OCO4)c(=O)n2C)cc1. The molecule has 0 N–H and O–H groups in total. The van der Waals surface area contributed by atoms with Crippen LogP contribution < -0.4 is 29.0 Å². The molecule has 0 spiro atoms. The van der Waals surface area contributed by atoms with Gasteiger partial charge in [-0.1, -0.05) is 11.6 Å². The van der Waals surface area contributed by atoms with Gasteiger partial charge in [0, 0.05) is 12.6 Å². The number of ketones is 1. The molecule has 0 saturated carbocycles. The summed E-state index contributed by atoms with van der Waals surface area (Å²) in [5.74, 6) is 1.08. The highest BCUT2D eigenvalue weighted by Gasteiger charge is 2.19. The Morgan fingerprint density at radius 3 is 2.71 bits per heavy atom. The van der Waals surface area contributed by atoms with E-state index in [1.807, 2.05) is 6.07 Å². The summed E-state index contributed by atoms with van der Waals surface area (Å²) >= 11 is 7.27. The Kier molecular flexibility index (Phi) is 5.55. The fourth-order valence-electron chi connectivity index (χ4n) is 3.09. The Balaban J connectivity index is 1.84. The summed E-state index contributed by atoms with van der Waals surface area (Å²) in [6, 6.07) is 11.7. The van der Waals surface area contributed by atoms with Crippen LogP contribution in [0.4, 0.5) is 0 Å². The summed E-state index contributed by atoms with van der Waals surface area (Å²) in [4.78, 5) is 25.7. The third-order valence-corrected chi connectivity index (χ3v) is 6.14. The number of methoxy groups -OCH3 is 1. The first kappa shape index (κ1) is 20.7. The first-order valence-corrected chi connectivity index (χ1v) is 10.2. The topological polar surface area (TPSA) is 90.6 Å². The summed E-state index contributed by atoms with van der Waals surface area (Å²) < 4.78 is 17.7. The number of ether oxygens (including phenoxy) is 3. The first-order chi connectivity index (χ1) is 14.9. The maximum Gasteiger partial charge on any atom is 0.268 e. The molecule has 1 aromatic heterocycles. The van der Waals surface area contributed by atoms with Crippen molar-refractivity contribution in [2.75, 3.05) is 13.9 Å². The van der Waals surface area contributed by atoms with Gasteiger partial charge in [0.25, 0.3) is 5.56 Å². The molecule has 2 aromatic carbocycles. The fourth-order valence-corrected chi connectivity index (χ4v) is 4.45. The number of hydrogen-bond donors (Lipinski definition) is 0. The van der Waals surface area contributed by atoms with Crippen molar-refractivity contribution in [1.29, 1.82) is 5.26 Å². The molecule has 0 unspecified atom stereocenters. The van der Waals surface area contributed by atoms with E-state index in [2.05, 4.69) is 0 Å². The molecular weight excluding hydrogens is 440 g/mol. The number of nitrogens with zero attached hydrogens (tertiary/aromatic N) is 2. The van der Waals surface area contributed by atoms with Crippen LogP contribution in [-0.2, 0) is 7.05 Å². The van der Waals surface area contributed by atoms with Gasteiger partial charge in [-0.15, -0.1) is 11.3 Å². The van der Waals surface area contributed by atoms with Gasteiger partial charge < -0.3 is 18.8 Å². The molecule has 31 heavy (non-hydrogen) atoms. The number of aromatic nitrogens is 1. The van der Waals surface area contributed by atoms with Gasteiger partial charge in [0.15, 0.2) is 11.5 Å². The summed E-state index contributed by atoms with van der Waals surface area (Å²) in [6.07, 6.45) is 1.64. The van der Waals surface area contributed by atoms with E-state index in [0.717, 1.165) is 11.3 Å². The molecule has 3 aromatic rings. The van der Waals surface area contributed by atoms with Crippen molar-refractivity contribution in [1.82, 2.24) is 4.57 Å². The summed E-state index contributed by atoms with van der Waals surface area (Å²) in [7, 11) is 3.05. The van der Waals surface area contributed by atoms with E-state index < -0.39 is 5.78 Å². The van der Waals surface area contributed by atoms with Crippen molar-refractivity contribution in [3.63, 3.8) is 0 Å². The number of halogens is 1.